The molecule has 0 unspecified atom stereocenters. The summed E-state index contributed by atoms with van der Waals surface area (Å²) in [6.07, 6.45) is 3.48. The Labute approximate surface area is 117 Å². The van der Waals surface area contributed by atoms with Crippen molar-refractivity contribution >= 4 is 22.4 Å². The Kier molecular flexibility index (Phi) is 4.74. The van der Waals surface area contributed by atoms with Crippen molar-refractivity contribution in [1.29, 1.82) is 0 Å². The van der Waals surface area contributed by atoms with Crippen LogP contribution in [0.3, 0.4) is 0 Å². The second kappa shape index (κ2) is 6.32. The molecule has 0 amide bonds. The molecule has 0 atom stereocenters. The van der Waals surface area contributed by atoms with Crippen LogP contribution in [0.2, 0.25) is 0 Å². The van der Waals surface area contributed by atoms with Crippen molar-refractivity contribution < 1.29 is 4.21 Å². The molecule has 1 aromatic heterocycles. The molecule has 2 heterocycles. The van der Waals surface area contributed by atoms with Crippen LogP contribution in [0, 0.1) is 0 Å². The van der Waals surface area contributed by atoms with E-state index in [0.717, 1.165) is 41.5 Å². The number of nitrogens with zero attached hydrogens (tertiary/aromatic N) is 2. The summed E-state index contributed by atoms with van der Waals surface area (Å²) < 4.78 is 11.4. The Morgan fingerprint density at radius 2 is 1.89 bits per heavy atom. The minimum atomic E-state index is -0.624. The Bertz CT molecular complexity index is 454. The van der Waals surface area contributed by atoms with E-state index >= 15 is 0 Å². The summed E-state index contributed by atoms with van der Waals surface area (Å²) in [7, 11) is 1.25. The van der Waals surface area contributed by atoms with Crippen LogP contribution >= 0.6 is 0 Å². The monoisotopic (exact) mass is 282 g/mol. The predicted octanol–water partition coefficient (Wildman–Crippen LogP) is 1.96. The molecule has 2 N–H and O–H groups in total. The molecular formula is C13H22N4OS. The van der Waals surface area contributed by atoms with E-state index in [0.29, 0.717) is 12.0 Å². The molecule has 106 valence electrons. The Morgan fingerprint density at radius 3 is 2.47 bits per heavy atom. The first-order valence-electron chi connectivity index (χ1n) is 6.76. The summed E-state index contributed by atoms with van der Waals surface area (Å²) >= 11 is 0. The molecule has 1 aromatic rings. The number of hydrogen-bond acceptors (Lipinski definition) is 5. The molecule has 1 aliphatic rings. The standard InChI is InChI=1S/C13H22N4OS/c1-9(2)11-12(14-3)15-8-16-13(11)17-10-4-6-19(18)7-5-10/h8-10H,4-7H2,1-3H3,(H2,14,15,16,17). The Morgan fingerprint density at radius 1 is 1.26 bits per heavy atom. The zero-order chi connectivity index (χ0) is 13.8. The van der Waals surface area contributed by atoms with E-state index < -0.39 is 10.8 Å². The highest BCUT2D eigenvalue weighted by Gasteiger charge is 2.21. The molecule has 19 heavy (non-hydrogen) atoms. The Hall–Kier alpha value is -1.17. The van der Waals surface area contributed by atoms with E-state index in [9.17, 15) is 4.21 Å². The molecule has 1 saturated heterocycles. The van der Waals surface area contributed by atoms with Crippen LogP contribution in [0.1, 0.15) is 38.2 Å². The molecule has 0 bridgehead atoms. The van der Waals surface area contributed by atoms with Gasteiger partial charge in [-0.25, -0.2) is 9.97 Å². The van der Waals surface area contributed by atoms with E-state index in [1.165, 1.54) is 0 Å². The van der Waals surface area contributed by atoms with Crippen LogP contribution in [0.15, 0.2) is 6.33 Å². The highest BCUT2D eigenvalue weighted by atomic mass is 32.2. The van der Waals surface area contributed by atoms with Crippen molar-refractivity contribution in [3.05, 3.63) is 11.9 Å². The average molecular weight is 282 g/mol. The lowest BCUT2D eigenvalue weighted by Gasteiger charge is -2.25. The molecule has 6 heteroatoms. The van der Waals surface area contributed by atoms with Gasteiger partial charge in [0.2, 0.25) is 0 Å². The lowest BCUT2D eigenvalue weighted by molar-refractivity contribution is 0.621. The number of rotatable bonds is 4. The van der Waals surface area contributed by atoms with Gasteiger partial charge in [-0.3, -0.25) is 4.21 Å². The predicted molar refractivity (Wildman–Crippen MR) is 80.2 cm³/mol. The van der Waals surface area contributed by atoms with Gasteiger partial charge in [0, 0.05) is 41.0 Å². The SMILES string of the molecule is CNc1ncnc(NC2CCS(=O)CC2)c1C(C)C. The van der Waals surface area contributed by atoms with E-state index in [2.05, 4.69) is 34.4 Å². The molecule has 0 radical (unpaired) electrons. The van der Waals surface area contributed by atoms with Gasteiger partial charge in [-0.1, -0.05) is 13.8 Å². The van der Waals surface area contributed by atoms with E-state index in [-0.39, 0.29) is 0 Å². The maximum Gasteiger partial charge on any atom is 0.135 e. The maximum absolute atomic E-state index is 11.4. The number of anilines is 2. The third kappa shape index (κ3) is 3.43. The summed E-state index contributed by atoms with van der Waals surface area (Å²) in [5.41, 5.74) is 1.12. The topological polar surface area (TPSA) is 66.9 Å². The van der Waals surface area contributed by atoms with Gasteiger partial charge in [-0.15, -0.1) is 0 Å². The highest BCUT2D eigenvalue weighted by molar-refractivity contribution is 7.85. The van der Waals surface area contributed by atoms with Gasteiger partial charge in [-0.05, 0) is 18.8 Å². The average Bonchev–Trinajstić information content (AvgIpc) is 2.40. The van der Waals surface area contributed by atoms with Crippen LogP contribution in [-0.2, 0) is 10.8 Å². The molecule has 1 aliphatic heterocycles. The summed E-state index contributed by atoms with van der Waals surface area (Å²) in [4.78, 5) is 8.66. The fourth-order valence-electron chi connectivity index (χ4n) is 2.39. The first-order valence-corrected chi connectivity index (χ1v) is 8.24. The lowest BCUT2D eigenvalue weighted by atomic mass is 10.0. The first kappa shape index (κ1) is 14.2. The maximum atomic E-state index is 11.4. The summed E-state index contributed by atoms with van der Waals surface area (Å²) in [6, 6.07) is 0.370. The molecular weight excluding hydrogens is 260 g/mol. The lowest BCUT2D eigenvalue weighted by Crippen LogP contribution is -2.30. The van der Waals surface area contributed by atoms with Gasteiger partial charge >= 0.3 is 0 Å². The third-order valence-corrected chi connectivity index (χ3v) is 4.81. The van der Waals surface area contributed by atoms with Crippen molar-refractivity contribution in [2.45, 2.75) is 38.6 Å². The van der Waals surface area contributed by atoms with Crippen LogP contribution in [0.4, 0.5) is 11.6 Å². The normalized spacial score (nSPS) is 23.4. The van der Waals surface area contributed by atoms with Crippen molar-refractivity contribution in [2.75, 3.05) is 29.2 Å². The third-order valence-electron chi connectivity index (χ3n) is 3.43. The largest absolute Gasteiger partial charge is 0.373 e. The molecule has 2 rings (SSSR count). The summed E-state index contributed by atoms with van der Waals surface area (Å²) in [5.74, 6) is 3.72. The second-order valence-electron chi connectivity index (χ2n) is 5.16. The van der Waals surface area contributed by atoms with Crippen LogP contribution in [0.5, 0.6) is 0 Å². The molecule has 1 fully saturated rings. The zero-order valence-corrected chi connectivity index (χ0v) is 12.6. The molecule has 0 saturated carbocycles. The van der Waals surface area contributed by atoms with E-state index in [1.54, 1.807) is 6.33 Å². The minimum absolute atomic E-state index is 0.351. The van der Waals surface area contributed by atoms with Gasteiger partial charge in [-0.2, -0.15) is 0 Å². The van der Waals surface area contributed by atoms with Crippen LogP contribution in [0.25, 0.3) is 0 Å². The number of nitrogens with one attached hydrogen (secondary N) is 2. The fourth-order valence-corrected chi connectivity index (χ4v) is 3.69. The van der Waals surface area contributed by atoms with Gasteiger partial charge in [0.1, 0.15) is 18.0 Å². The Balaban J connectivity index is 2.17. The fraction of sp³-hybridized carbons (Fsp3) is 0.692. The minimum Gasteiger partial charge on any atom is -0.373 e. The smallest absolute Gasteiger partial charge is 0.135 e. The first-order chi connectivity index (χ1) is 9.11. The van der Waals surface area contributed by atoms with Crippen molar-refractivity contribution in [1.82, 2.24) is 9.97 Å². The summed E-state index contributed by atoms with van der Waals surface area (Å²) in [6.45, 7) is 4.28. The van der Waals surface area contributed by atoms with E-state index in [1.807, 2.05) is 7.05 Å². The number of aromatic nitrogens is 2. The van der Waals surface area contributed by atoms with Crippen molar-refractivity contribution in [2.24, 2.45) is 0 Å². The van der Waals surface area contributed by atoms with Crippen molar-refractivity contribution in [3.8, 4) is 0 Å². The van der Waals surface area contributed by atoms with E-state index in [4.69, 9.17) is 0 Å². The van der Waals surface area contributed by atoms with Gasteiger partial charge in [0.15, 0.2) is 0 Å². The van der Waals surface area contributed by atoms with Gasteiger partial charge in [0.25, 0.3) is 0 Å². The van der Waals surface area contributed by atoms with Crippen LogP contribution in [-0.4, -0.2) is 38.8 Å². The highest BCUT2D eigenvalue weighted by Crippen LogP contribution is 2.29. The zero-order valence-electron chi connectivity index (χ0n) is 11.8. The van der Waals surface area contributed by atoms with Crippen molar-refractivity contribution in [3.63, 3.8) is 0 Å². The number of hydrogen-bond donors (Lipinski definition) is 2. The molecule has 0 aromatic carbocycles. The molecule has 0 aliphatic carbocycles. The molecule has 5 nitrogen and oxygen atoms in total. The molecule has 0 spiro atoms. The second-order valence-corrected chi connectivity index (χ2v) is 6.85. The van der Waals surface area contributed by atoms with Crippen LogP contribution < -0.4 is 10.6 Å². The summed E-state index contributed by atoms with van der Waals surface area (Å²) in [5, 5.41) is 6.62. The quantitative estimate of drug-likeness (QED) is 0.883. The van der Waals surface area contributed by atoms with Gasteiger partial charge < -0.3 is 10.6 Å². The van der Waals surface area contributed by atoms with Gasteiger partial charge in [0.05, 0.1) is 0 Å².